The van der Waals surface area contributed by atoms with Gasteiger partial charge in [-0.25, -0.2) is 4.68 Å². The van der Waals surface area contributed by atoms with Crippen LogP contribution in [0, 0.1) is 11.3 Å². The molecule has 5 nitrogen and oxygen atoms in total. The summed E-state index contributed by atoms with van der Waals surface area (Å²) >= 11 is 0. The van der Waals surface area contributed by atoms with Gasteiger partial charge in [-0.1, -0.05) is 53.2 Å². The molecule has 0 N–H and O–H groups in total. The molecule has 0 aromatic carbocycles. The van der Waals surface area contributed by atoms with Gasteiger partial charge >= 0.3 is 0 Å². The fraction of sp³-hybridized carbons (Fsp3) is 0.923. The standard InChI is InChI=1S/C26H51N3O2/c1-14-20(2)22(3,4)18-23(5,6)21-17-29(28-27-21)24(7,8)19-26(11,12)31-16-15-25(9,10)30-13/h17,20H,14-16,18-19H2,1-13H3. The zero-order chi connectivity index (χ0) is 24.3. The number of ether oxygens (including phenoxy) is 2. The molecule has 31 heavy (non-hydrogen) atoms. The first-order chi connectivity index (χ1) is 13.9. The van der Waals surface area contributed by atoms with E-state index in [4.69, 9.17) is 9.47 Å². The number of methoxy groups -OCH3 is 1. The van der Waals surface area contributed by atoms with E-state index in [2.05, 4.69) is 99.6 Å². The first kappa shape index (κ1) is 28.1. The summed E-state index contributed by atoms with van der Waals surface area (Å²) < 4.78 is 13.8. The third kappa shape index (κ3) is 8.16. The van der Waals surface area contributed by atoms with Crippen molar-refractivity contribution < 1.29 is 9.47 Å². The molecule has 1 atom stereocenters. The average Bonchev–Trinajstić information content (AvgIpc) is 3.11. The molecule has 0 spiro atoms. The van der Waals surface area contributed by atoms with Gasteiger partial charge in [0, 0.05) is 25.1 Å². The van der Waals surface area contributed by atoms with Crippen molar-refractivity contribution >= 4 is 0 Å². The smallest absolute Gasteiger partial charge is 0.0883 e. The largest absolute Gasteiger partial charge is 0.379 e. The molecule has 1 aromatic heterocycles. The number of rotatable bonds is 13. The van der Waals surface area contributed by atoms with Crippen molar-refractivity contribution in [2.75, 3.05) is 13.7 Å². The topological polar surface area (TPSA) is 49.2 Å². The Morgan fingerprint density at radius 3 is 2.03 bits per heavy atom. The molecule has 0 amide bonds. The van der Waals surface area contributed by atoms with Gasteiger partial charge in [0.15, 0.2) is 0 Å². The molecule has 1 heterocycles. The minimum atomic E-state index is -0.270. The maximum absolute atomic E-state index is 6.26. The summed E-state index contributed by atoms with van der Waals surface area (Å²) in [5, 5.41) is 9.17. The second-order valence-corrected chi connectivity index (χ2v) is 12.7. The summed E-state index contributed by atoms with van der Waals surface area (Å²) in [5.74, 6) is 0.666. The average molecular weight is 438 g/mol. The highest BCUT2D eigenvalue weighted by molar-refractivity contribution is 5.11. The SMILES string of the molecule is CCC(C)C(C)(C)CC(C)(C)c1cn(C(C)(C)CC(C)(C)OCCC(C)(C)OC)nn1. The summed E-state index contributed by atoms with van der Waals surface area (Å²) in [6.45, 7) is 27.6. The lowest BCUT2D eigenvalue weighted by Gasteiger charge is -2.38. The molecular weight excluding hydrogens is 386 g/mol. The monoisotopic (exact) mass is 437 g/mol. The van der Waals surface area contributed by atoms with Gasteiger partial charge in [-0.05, 0) is 65.7 Å². The Morgan fingerprint density at radius 2 is 1.52 bits per heavy atom. The van der Waals surface area contributed by atoms with Crippen molar-refractivity contribution in [3.8, 4) is 0 Å². The zero-order valence-electron chi connectivity index (χ0n) is 22.8. The van der Waals surface area contributed by atoms with Crippen LogP contribution in [0.25, 0.3) is 0 Å². The van der Waals surface area contributed by atoms with E-state index in [1.165, 1.54) is 6.42 Å². The van der Waals surface area contributed by atoms with E-state index < -0.39 is 0 Å². The van der Waals surface area contributed by atoms with Gasteiger partial charge < -0.3 is 9.47 Å². The Labute approximate surface area is 192 Å². The quantitative estimate of drug-likeness (QED) is 0.342. The minimum Gasteiger partial charge on any atom is -0.379 e. The highest BCUT2D eigenvalue weighted by atomic mass is 16.5. The lowest BCUT2D eigenvalue weighted by molar-refractivity contribution is -0.0736. The van der Waals surface area contributed by atoms with E-state index in [9.17, 15) is 0 Å². The van der Waals surface area contributed by atoms with Gasteiger partial charge in [-0.15, -0.1) is 5.10 Å². The second-order valence-electron chi connectivity index (χ2n) is 12.7. The van der Waals surface area contributed by atoms with E-state index in [0.29, 0.717) is 12.5 Å². The van der Waals surface area contributed by atoms with Crippen LogP contribution in [0.4, 0.5) is 0 Å². The van der Waals surface area contributed by atoms with Crippen LogP contribution < -0.4 is 0 Å². The molecule has 0 bridgehead atoms. The van der Waals surface area contributed by atoms with Gasteiger partial charge in [0.25, 0.3) is 0 Å². The molecule has 182 valence electrons. The number of hydrogen-bond acceptors (Lipinski definition) is 4. The molecule has 0 saturated heterocycles. The zero-order valence-corrected chi connectivity index (χ0v) is 22.8. The van der Waals surface area contributed by atoms with Gasteiger partial charge in [0.05, 0.1) is 29.0 Å². The van der Waals surface area contributed by atoms with Crippen LogP contribution in [0.3, 0.4) is 0 Å². The van der Waals surface area contributed by atoms with Crippen LogP contribution in [-0.2, 0) is 20.4 Å². The third-order valence-electron chi connectivity index (χ3n) is 7.26. The molecule has 0 aliphatic carbocycles. The molecule has 0 aliphatic rings. The lowest BCUT2D eigenvalue weighted by Crippen LogP contribution is -2.39. The normalized spacial score (nSPS) is 15.4. The maximum Gasteiger partial charge on any atom is 0.0883 e. The summed E-state index contributed by atoms with van der Waals surface area (Å²) in [6, 6.07) is 0. The fourth-order valence-electron chi connectivity index (χ4n) is 4.68. The van der Waals surface area contributed by atoms with Gasteiger partial charge in [-0.2, -0.15) is 0 Å². The van der Waals surface area contributed by atoms with Crippen LogP contribution in [0.15, 0.2) is 6.20 Å². The molecule has 1 rings (SSSR count). The summed E-state index contributed by atoms with van der Waals surface area (Å²) in [7, 11) is 1.75. The lowest BCUT2D eigenvalue weighted by atomic mass is 9.67. The summed E-state index contributed by atoms with van der Waals surface area (Å²) in [5.41, 5.74) is 0.655. The molecule has 0 saturated carbocycles. The minimum absolute atomic E-state index is 0.0288. The second kappa shape index (κ2) is 9.91. The first-order valence-electron chi connectivity index (χ1n) is 12.0. The van der Waals surface area contributed by atoms with Crippen molar-refractivity contribution in [1.29, 1.82) is 0 Å². The van der Waals surface area contributed by atoms with Gasteiger partial charge in [-0.3, -0.25) is 0 Å². The van der Waals surface area contributed by atoms with Crippen LogP contribution in [0.2, 0.25) is 0 Å². The van der Waals surface area contributed by atoms with Crippen molar-refractivity contribution in [2.45, 2.75) is 131 Å². The van der Waals surface area contributed by atoms with Crippen LogP contribution in [0.5, 0.6) is 0 Å². The van der Waals surface area contributed by atoms with Crippen molar-refractivity contribution in [3.05, 3.63) is 11.9 Å². The molecule has 0 fully saturated rings. The van der Waals surface area contributed by atoms with Crippen LogP contribution >= 0.6 is 0 Å². The Hall–Kier alpha value is -0.940. The van der Waals surface area contributed by atoms with Crippen molar-refractivity contribution in [3.63, 3.8) is 0 Å². The summed E-state index contributed by atoms with van der Waals surface area (Å²) in [6.07, 6.45) is 6.13. The maximum atomic E-state index is 6.26. The Bertz CT molecular complexity index is 687. The van der Waals surface area contributed by atoms with Crippen molar-refractivity contribution in [1.82, 2.24) is 15.0 Å². The molecule has 0 radical (unpaired) electrons. The molecule has 5 heteroatoms. The third-order valence-corrected chi connectivity index (χ3v) is 7.26. The predicted molar refractivity (Wildman–Crippen MR) is 131 cm³/mol. The van der Waals surface area contributed by atoms with E-state index in [1.54, 1.807) is 7.11 Å². The van der Waals surface area contributed by atoms with Gasteiger partial charge in [0.1, 0.15) is 0 Å². The number of aromatic nitrogens is 3. The van der Waals surface area contributed by atoms with E-state index in [1.807, 2.05) is 4.68 Å². The van der Waals surface area contributed by atoms with Crippen molar-refractivity contribution in [2.24, 2.45) is 11.3 Å². The van der Waals surface area contributed by atoms with E-state index in [0.717, 1.165) is 25.0 Å². The highest BCUT2D eigenvalue weighted by Crippen LogP contribution is 2.42. The Morgan fingerprint density at radius 1 is 0.935 bits per heavy atom. The van der Waals surface area contributed by atoms with E-state index >= 15 is 0 Å². The molecule has 1 aromatic rings. The highest BCUT2D eigenvalue weighted by Gasteiger charge is 2.37. The summed E-state index contributed by atoms with van der Waals surface area (Å²) in [4.78, 5) is 0. The van der Waals surface area contributed by atoms with Crippen LogP contribution in [-0.4, -0.2) is 39.9 Å². The fourth-order valence-corrected chi connectivity index (χ4v) is 4.68. The Kier molecular flexibility index (Phi) is 8.98. The Balaban J connectivity index is 2.89. The first-order valence-corrected chi connectivity index (χ1v) is 12.0. The number of nitrogens with zero attached hydrogens (tertiary/aromatic N) is 3. The molecule has 0 aliphatic heterocycles. The molecular formula is C26H51N3O2. The van der Waals surface area contributed by atoms with Gasteiger partial charge in [0.2, 0.25) is 0 Å². The molecule has 1 unspecified atom stereocenters. The number of hydrogen-bond donors (Lipinski definition) is 0. The predicted octanol–water partition coefficient (Wildman–Crippen LogP) is 6.75. The van der Waals surface area contributed by atoms with Crippen LogP contribution in [0.1, 0.15) is 114 Å². The van der Waals surface area contributed by atoms with E-state index in [-0.39, 0.29) is 27.6 Å².